The minimum atomic E-state index is -0.492. The van der Waals surface area contributed by atoms with E-state index in [0.717, 1.165) is 72.3 Å². The lowest BCUT2D eigenvalue weighted by Gasteiger charge is -2.49. The van der Waals surface area contributed by atoms with E-state index in [2.05, 4.69) is 54.0 Å². The zero-order valence-electron chi connectivity index (χ0n) is 32.6. The zero-order chi connectivity index (χ0) is 37.9. The van der Waals surface area contributed by atoms with Gasteiger partial charge in [-0.2, -0.15) is 10.1 Å². The van der Waals surface area contributed by atoms with Crippen molar-refractivity contribution in [2.24, 2.45) is 13.0 Å². The predicted molar refractivity (Wildman–Crippen MR) is 214 cm³/mol. The van der Waals surface area contributed by atoms with Crippen LogP contribution < -0.4 is 14.4 Å². The number of amides is 1. The van der Waals surface area contributed by atoms with Gasteiger partial charge in [-0.15, -0.1) is 0 Å². The van der Waals surface area contributed by atoms with Gasteiger partial charge in [0.05, 0.1) is 16.8 Å². The van der Waals surface area contributed by atoms with Crippen LogP contribution in [0.2, 0.25) is 0 Å². The van der Waals surface area contributed by atoms with Crippen molar-refractivity contribution in [2.75, 3.05) is 44.2 Å². The van der Waals surface area contributed by atoms with Crippen molar-refractivity contribution >= 4 is 22.7 Å². The Morgan fingerprint density at radius 1 is 0.815 bits per heavy atom. The van der Waals surface area contributed by atoms with Crippen molar-refractivity contribution in [3.05, 3.63) is 102 Å². The van der Waals surface area contributed by atoms with Gasteiger partial charge in [-0.05, 0) is 76.6 Å². The number of rotatable bonds is 10. The summed E-state index contributed by atoms with van der Waals surface area (Å²) in [5.74, 6) is 1.58. The second-order valence-electron chi connectivity index (χ2n) is 16.3. The van der Waals surface area contributed by atoms with Crippen molar-refractivity contribution in [3.8, 4) is 23.0 Å². The van der Waals surface area contributed by atoms with Crippen LogP contribution in [0.1, 0.15) is 58.6 Å². The number of fused-ring (bicyclic) bond motifs is 1. The van der Waals surface area contributed by atoms with E-state index in [9.17, 15) is 4.79 Å². The lowest BCUT2D eigenvalue weighted by molar-refractivity contribution is -0.0204. The Kier molecular flexibility index (Phi) is 10.8. The van der Waals surface area contributed by atoms with Gasteiger partial charge in [-0.1, -0.05) is 72.8 Å². The van der Waals surface area contributed by atoms with Gasteiger partial charge in [0.1, 0.15) is 24.5 Å². The molecule has 2 fully saturated rings. The number of piperidine rings is 1. The minimum absolute atomic E-state index is 0.117. The van der Waals surface area contributed by atoms with Gasteiger partial charge >= 0.3 is 6.09 Å². The number of hydrogen-bond acceptors (Lipinski definition) is 8. The molecule has 0 aliphatic carbocycles. The summed E-state index contributed by atoms with van der Waals surface area (Å²) in [6, 6.07) is 30.6. The van der Waals surface area contributed by atoms with Crippen molar-refractivity contribution in [3.63, 3.8) is 0 Å². The molecule has 0 radical (unpaired) electrons. The first-order valence-corrected chi connectivity index (χ1v) is 19.2. The number of carbonyl (C=O) groups is 1. The molecule has 10 nitrogen and oxygen atoms in total. The number of aromatic nitrogens is 3. The molecule has 10 heteroatoms. The summed E-state index contributed by atoms with van der Waals surface area (Å²) in [6.45, 7) is 16.3. The number of ether oxygens (including phenoxy) is 3. The van der Waals surface area contributed by atoms with Gasteiger partial charge < -0.3 is 24.0 Å². The SMILES string of the molecule is Cn1nc(-c2ccc(OCc3ccccc3)nc2OCc2ccccc2)c2cccc(N3CCC(CN4CCN(C(=O)OC(C)(C)C)CC4(C)C)CC3)c21. The highest BCUT2D eigenvalue weighted by Gasteiger charge is 2.38. The molecule has 2 saturated heterocycles. The Morgan fingerprint density at radius 3 is 2.13 bits per heavy atom. The maximum Gasteiger partial charge on any atom is 0.410 e. The second kappa shape index (κ2) is 15.7. The Hall–Kier alpha value is -5.09. The number of nitrogens with zero attached hydrogens (tertiary/aromatic N) is 6. The molecule has 7 rings (SSSR count). The highest BCUT2D eigenvalue weighted by Crippen LogP contribution is 2.39. The van der Waals surface area contributed by atoms with Crippen LogP contribution in [0.4, 0.5) is 10.5 Å². The van der Waals surface area contributed by atoms with Crippen LogP contribution >= 0.6 is 0 Å². The third-order valence-corrected chi connectivity index (χ3v) is 10.5. The van der Waals surface area contributed by atoms with E-state index in [1.807, 2.05) is 98.1 Å². The van der Waals surface area contributed by atoms with E-state index >= 15 is 0 Å². The lowest BCUT2D eigenvalue weighted by atomic mass is 9.91. The monoisotopic (exact) mass is 730 g/mol. The number of carbonyl (C=O) groups excluding carboxylic acids is 1. The molecule has 3 aromatic carbocycles. The van der Waals surface area contributed by atoms with E-state index in [0.29, 0.717) is 44.0 Å². The van der Waals surface area contributed by atoms with Gasteiger partial charge in [0.2, 0.25) is 11.8 Å². The van der Waals surface area contributed by atoms with Crippen LogP contribution in [0.25, 0.3) is 22.2 Å². The van der Waals surface area contributed by atoms with Crippen LogP contribution in [0, 0.1) is 5.92 Å². The molecule has 54 heavy (non-hydrogen) atoms. The largest absolute Gasteiger partial charge is 0.473 e. The normalized spacial score (nSPS) is 16.8. The standard InChI is InChI=1S/C44H54N6O4/c1-43(2,3)54-42(51)49-26-27-50(44(4,5)31-49)28-32-22-24-48(25-23-32)37-19-13-18-35-39(46-47(6)40(35)37)36-20-21-38(52-29-33-14-9-7-10-15-33)45-41(36)53-30-34-16-11-8-12-17-34/h7-21,32H,22-31H2,1-6H3. The number of para-hydroxylation sites is 1. The van der Waals surface area contributed by atoms with Gasteiger partial charge in [-0.3, -0.25) is 9.58 Å². The number of piperazine rings is 1. The molecule has 2 aliphatic heterocycles. The first-order chi connectivity index (χ1) is 25.9. The average molecular weight is 731 g/mol. The molecule has 0 N–H and O–H groups in total. The number of aryl methyl sites for hydroxylation is 1. The summed E-state index contributed by atoms with van der Waals surface area (Å²) >= 11 is 0. The van der Waals surface area contributed by atoms with Crippen LogP contribution in [0.15, 0.2) is 91.0 Å². The minimum Gasteiger partial charge on any atom is -0.473 e. The third-order valence-electron chi connectivity index (χ3n) is 10.5. The first-order valence-electron chi connectivity index (χ1n) is 19.2. The van der Waals surface area contributed by atoms with Crippen molar-refractivity contribution in [1.82, 2.24) is 24.6 Å². The van der Waals surface area contributed by atoms with E-state index < -0.39 is 5.60 Å². The number of pyridine rings is 1. The van der Waals surface area contributed by atoms with E-state index in [1.165, 1.54) is 5.69 Å². The second-order valence-corrected chi connectivity index (χ2v) is 16.3. The maximum atomic E-state index is 12.8. The quantitative estimate of drug-likeness (QED) is 0.142. The van der Waals surface area contributed by atoms with Crippen molar-refractivity contribution < 1.29 is 19.0 Å². The predicted octanol–water partition coefficient (Wildman–Crippen LogP) is 8.34. The summed E-state index contributed by atoms with van der Waals surface area (Å²) < 4.78 is 20.2. The molecule has 0 atom stereocenters. The molecule has 2 aromatic heterocycles. The Labute approximate surface area is 319 Å². The topological polar surface area (TPSA) is 85.2 Å². The number of hydrogen-bond donors (Lipinski definition) is 0. The molecule has 2 aliphatic rings. The van der Waals surface area contributed by atoms with Crippen LogP contribution in [-0.2, 0) is 25.0 Å². The van der Waals surface area contributed by atoms with Crippen molar-refractivity contribution in [2.45, 2.75) is 71.8 Å². The van der Waals surface area contributed by atoms with E-state index in [-0.39, 0.29) is 11.6 Å². The highest BCUT2D eigenvalue weighted by molar-refractivity contribution is 6.01. The zero-order valence-corrected chi connectivity index (χ0v) is 32.6. The smallest absolute Gasteiger partial charge is 0.410 e. The first kappa shape index (κ1) is 37.2. The van der Waals surface area contributed by atoms with Gasteiger partial charge in [0.25, 0.3) is 0 Å². The van der Waals surface area contributed by atoms with E-state index in [1.54, 1.807) is 0 Å². The molecule has 0 spiro atoms. The van der Waals surface area contributed by atoms with Gasteiger partial charge in [-0.25, -0.2) is 4.79 Å². The summed E-state index contributed by atoms with van der Waals surface area (Å²) in [7, 11) is 2.02. The summed E-state index contributed by atoms with van der Waals surface area (Å²) in [5.41, 5.74) is 5.48. The fraction of sp³-hybridized carbons (Fsp3) is 0.432. The Morgan fingerprint density at radius 2 is 1.48 bits per heavy atom. The van der Waals surface area contributed by atoms with Gasteiger partial charge in [0.15, 0.2) is 0 Å². The molecule has 0 bridgehead atoms. The number of benzene rings is 3. The third kappa shape index (κ3) is 8.65. The molecule has 4 heterocycles. The highest BCUT2D eigenvalue weighted by atomic mass is 16.6. The lowest BCUT2D eigenvalue weighted by Crippen LogP contribution is -2.61. The summed E-state index contributed by atoms with van der Waals surface area (Å²) in [6.07, 6.45) is 2.00. The Bertz CT molecular complexity index is 2030. The van der Waals surface area contributed by atoms with Gasteiger partial charge in [0, 0.05) is 63.3 Å². The molecule has 0 saturated carbocycles. The molecule has 284 valence electrons. The average Bonchev–Trinajstić information content (AvgIpc) is 3.50. The van der Waals surface area contributed by atoms with Crippen LogP contribution in [0.3, 0.4) is 0 Å². The number of anilines is 1. The summed E-state index contributed by atoms with van der Waals surface area (Å²) in [5, 5.41) is 6.15. The van der Waals surface area contributed by atoms with E-state index in [4.69, 9.17) is 24.3 Å². The Balaban J connectivity index is 1.06. The van der Waals surface area contributed by atoms with Crippen LogP contribution in [-0.4, -0.2) is 81.1 Å². The fourth-order valence-corrected chi connectivity index (χ4v) is 7.70. The maximum absolute atomic E-state index is 12.8. The molecule has 5 aromatic rings. The summed E-state index contributed by atoms with van der Waals surface area (Å²) in [4.78, 5) is 24.6. The molecule has 0 unspecified atom stereocenters. The van der Waals surface area contributed by atoms with Crippen molar-refractivity contribution in [1.29, 1.82) is 0 Å². The molecular formula is C44H54N6O4. The molecule has 1 amide bonds. The molecular weight excluding hydrogens is 677 g/mol. The fourth-order valence-electron chi connectivity index (χ4n) is 7.70. The van der Waals surface area contributed by atoms with Crippen LogP contribution in [0.5, 0.6) is 11.8 Å².